The maximum atomic E-state index is 10.4. The topological polar surface area (TPSA) is 77.8 Å². The Hall–Kier alpha value is -1.55. The van der Waals surface area contributed by atoms with E-state index in [1.807, 2.05) is 0 Å². The quantitative estimate of drug-likeness (QED) is 0.558. The first-order valence-corrected chi connectivity index (χ1v) is 3.30. The summed E-state index contributed by atoms with van der Waals surface area (Å²) in [6, 6.07) is 2.27. The van der Waals surface area contributed by atoms with Crippen LogP contribution in [0.3, 0.4) is 0 Å². The molecule has 0 atom stereocenters. The molecule has 0 fully saturated rings. The molecule has 3 N–H and O–H groups in total. The zero-order valence-electron chi connectivity index (χ0n) is 6.19. The van der Waals surface area contributed by atoms with Crippen LogP contribution in [0, 0.1) is 0 Å². The number of aliphatic hydroxyl groups is 1. The molecule has 0 radical (unpaired) electrons. The van der Waals surface area contributed by atoms with E-state index in [0.29, 0.717) is 6.29 Å². The number of carbonyl (C=O) groups is 1. The van der Waals surface area contributed by atoms with Crippen molar-refractivity contribution >= 4 is 6.29 Å². The molecule has 0 amide bonds. The molecule has 0 aromatic heterocycles. The first kappa shape index (κ1) is 8.55. The summed E-state index contributed by atoms with van der Waals surface area (Å²) >= 11 is 0. The monoisotopic (exact) mass is 168 g/mol. The highest BCUT2D eigenvalue weighted by molar-refractivity contribution is 5.82. The molecular formula is C8H8O4. The van der Waals surface area contributed by atoms with Crippen molar-refractivity contribution in [3.63, 3.8) is 0 Å². The Morgan fingerprint density at radius 3 is 2.50 bits per heavy atom. The van der Waals surface area contributed by atoms with Gasteiger partial charge in [0, 0.05) is 6.07 Å². The zero-order valence-corrected chi connectivity index (χ0v) is 6.19. The van der Waals surface area contributed by atoms with Crippen LogP contribution in [0.5, 0.6) is 11.5 Å². The fraction of sp³-hybridized carbons (Fsp3) is 0.125. The van der Waals surface area contributed by atoms with Crippen molar-refractivity contribution in [3.05, 3.63) is 23.3 Å². The Balaban J connectivity index is 3.33. The average molecular weight is 168 g/mol. The third kappa shape index (κ3) is 1.38. The van der Waals surface area contributed by atoms with Gasteiger partial charge in [-0.05, 0) is 11.6 Å². The van der Waals surface area contributed by atoms with Crippen LogP contribution in [0.15, 0.2) is 12.1 Å². The van der Waals surface area contributed by atoms with Crippen molar-refractivity contribution in [3.8, 4) is 11.5 Å². The van der Waals surface area contributed by atoms with Crippen molar-refractivity contribution in [2.24, 2.45) is 0 Å². The highest BCUT2D eigenvalue weighted by atomic mass is 16.3. The average Bonchev–Trinajstić information content (AvgIpc) is 2.03. The summed E-state index contributed by atoms with van der Waals surface area (Å²) in [5.74, 6) is -0.504. The molecule has 1 rings (SSSR count). The van der Waals surface area contributed by atoms with E-state index in [4.69, 9.17) is 15.3 Å². The van der Waals surface area contributed by atoms with E-state index in [9.17, 15) is 4.79 Å². The van der Waals surface area contributed by atoms with Crippen LogP contribution in [0.25, 0.3) is 0 Å². The van der Waals surface area contributed by atoms with Gasteiger partial charge in [0.1, 0.15) is 11.5 Å². The molecule has 1 aromatic carbocycles. The maximum Gasteiger partial charge on any atom is 0.154 e. The van der Waals surface area contributed by atoms with Crippen LogP contribution in [-0.2, 0) is 6.61 Å². The van der Waals surface area contributed by atoms with Gasteiger partial charge in [0.05, 0.1) is 12.2 Å². The molecule has 0 aliphatic rings. The normalized spacial score (nSPS) is 9.75. The van der Waals surface area contributed by atoms with E-state index in [1.54, 1.807) is 0 Å². The number of phenols is 2. The third-order valence-electron chi connectivity index (χ3n) is 1.52. The van der Waals surface area contributed by atoms with E-state index < -0.39 is 6.61 Å². The van der Waals surface area contributed by atoms with E-state index in [2.05, 4.69) is 0 Å². The van der Waals surface area contributed by atoms with Crippen molar-refractivity contribution < 1.29 is 20.1 Å². The molecule has 0 heterocycles. The molecule has 0 saturated heterocycles. The van der Waals surface area contributed by atoms with Crippen LogP contribution in [0.2, 0.25) is 0 Å². The molecule has 64 valence electrons. The largest absolute Gasteiger partial charge is 0.508 e. The Labute approximate surface area is 68.7 Å². The zero-order chi connectivity index (χ0) is 9.14. The molecule has 0 bridgehead atoms. The fourth-order valence-corrected chi connectivity index (χ4v) is 0.947. The van der Waals surface area contributed by atoms with Gasteiger partial charge in [-0.1, -0.05) is 0 Å². The number of hydrogen-bond donors (Lipinski definition) is 3. The Bertz CT molecular complexity index is 306. The second-order valence-electron chi connectivity index (χ2n) is 2.31. The number of aromatic hydroxyl groups is 2. The molecule has 0 aliphatic heterocycles. The first-order valence-electron chi connectivity index (χ1n) is 3.30. The lowest BCUT2D eigenvalue weighted by atomic mass is 10.1. The predicted octanol–water partition coefficient (Wildman–Crippen LogP) is 0.403. The molecule has 12 heavy (non-hydrogen) atoms. The minimum absolute atomic E-state index is 0.00954. The van der Waals surface area contributed by atoms with Gasteiger partial charge in [-0.3, -0.25) is 4.79 Å². The number of phenolic OH excluding ortho intramolecular Hbond substituents is 2. The standard InChI is InChI=1S/C8H8O4/c9-3-5-1-6(11)2-8(12)7(5)4-10/h1-2,4,9,11-12H,3H2. The first-order chi connectivity index (χ1) is 5.69. The number of benzene rings is 1. The number of hydrogen-bond acceptors (Lipinski definition) is 4. The maximum absolute atomic E-state index is 10.4. The SMILES string of the molecule is O=Cc1c(O)cc(O)cc1CO. The summed E-state index contributed by atoms with van der Waals surface area (Å²) in [5.41, 5.74) is 0.220. The van der Waals surface area contributed by atoms with E-state index >= 15 is 0 Å². The number of aldehydes is 1. The van der Waals surface area contributed by atoms with E-state index in [1.165, 1.54) is 6.07 Å². The van der Waals surface area contributed by atoms with E-state index in [0.717, 1.165) is 6.07 Å². The van der Waals surface area contributed by atoms with Crippen LogP contribution in [0.4, 0.5) is 0 Å². The van der Waals surface area contributed by atoms with Gasteiger partial charge in [-0.2, -0.15) is 0 Å². The van der Waals surface area contributed by atoms with Crippen molar-refractivity contribution in [2.75, 3.05) is 0 Å². The number of carbonyl (C=O) groups excluding carboxylic acids is 1. The fourth-order valence-electron chi connectivity index (χ4n) is 0.947. The van der Waals surface area contributed by atoms with Gasteiger partial charge in [0.25, 0.3) is 0 Å². The highest BCUT2D eigenvalue weighted by Gasteiger charge is 2.07. The van der Waals surface area contributed by atoms with Crippen LogP contribution >= 0.6 is 0 Å². The lowest BCUT2D eigenvalue weighted by Crippen LogP contribution is -1.92. The number of rotatable bonds is 2. The van der Waals surface area contributed by atoms with Crippen molar-refractivity contribution in [1.82, 2.24) is 0 Å². The lowest BCUT2D eigenvalue weighted by molar-refractivity contribution is 0.111. The molecule has 1 aromatic rings. The Kier molecular flexibility index (Phi) is 2.30. The summed E-state index contributed by atoms with van der Waals surface area (Å²) in [6.07, 6.45) is 0.431. The Morgan fingerprint density at radius 2 is 2.00 bits per heavy atom. The third-order valence-corrected chi connectivity index (χ3v) is 1.52. The predicted molar refractivity (Wildman–Crippen MR) is 41.1 cm³/mol. The summed E-state index contributed by atoms with van der Waals surface area (Å²) in [7, 11) is 0. The van der Waals surface area contributed by atoms with Gasteiger partial charge < -0.3 is 15.3 Å². The van der Waals surface area contributed by atoms with Crippen LogP contribution in [0.1, 0.15) is 15.9 Å². The Morgan fingerprint density at radius 1 is 1.33 bits per heavy atom. The lowest BCUT2D eigenvalue weighted by Gasteiger charge is -2.03. The summed E-state index contributed by atoms with van der Waals surface area (Å²) < 4.78 is 0. The van der Waals surface area contributed by atoms with Gasteiger partial charge in [0.15, 0.2) is 6.29 Å². The van der Waals surface area contributed by atoms with Gasteiger partial charge in [-0.15, -0.1) is 0 Å². The minimum atomic E-state index is -0.393. The molecule has 0 unspecified atom stereocenters. The number of aliphatic hydroxyl groups excluding tert-OH is 1. The van der Waals surface area contributed by atoms with Gasteiger partial charge in [0.2, 0.25) is 0 Å². The van der Waals surface area contributed by atoms with E-state index in [-0.39, 0.29) is 22.6 Å². The smallest absolute Gasteiger partial charge is 0.154 e. The molecule has 4 heteroatoms. The second kappa shape index (κ2) is 3.23. The van der Waals surface area contributed by atoms with Crippen LogP contribution in [-0.4, -0.2) is 21.6 Å². The molecule has 0 saturated carbocycles. The molecule has 4 nitrogen and oxygen atoms in total. The van der Waals surface area contributed by atoms with Crippen LogP contribution < -0.4 is 0 Å². The molecule has 0 spiro atoms. The van der Waals surface area contributed by atoms with Crippen molar-refractivity contribution in [2.45, 2.75) is 6.61 Å². The minimum Gasteiger partial charge on any atom is -0.508 e. The summed E-state index contributed by atoms with van der Waals surface area (Å²) in [5, 5.41) is 26.8. The summed E-state index contributed by atoms with van der Waals surface area (Å²) in [6.45, 7) is -0.393. The molecular weight excluding hydrogens is 160 g/mol. The van der Waals surface area contributed by atoms with Gasteiger partial charge >= 0.3 is 0 Å². The van der Waals surface area contributed by atoms with Crippen molar-refractivity contribution in [1.29, 1.82) is 0 Å². The van der Waals surface area contributed by atoms with Gasteiger partial charge in [-0.25, -0.2) is 0 Å². The highest BCUT2D eigenvalue weighted by Crippen LogP contribution is 2.25. The second-order valence-corrected chi connectivity index (χ2v) is 2.31. The molecule has 0 aliphatic carbocycles. The summed E-state index contributed by atoms with van der Waals surface area (Å²) in [4.78, 5) is 10.4.